The number of imidazole rings is 1. The van der Waals surface area contributed by atoms with E-state index in [4.69, 9.17) is 4.74 Å². The van der Waals surface area contributed by atoms with Crippen molar-refractivity contribution in [3.63, 3.8) is 0 Å². The lowest BCUT2D eigenvalue weighted by Gasteiger charge is -2.03. The number of carbonyl (C=O) groups excluding carboxylic acids is 1. The average Bonchev–Trinajstić information content (AvgIpc) is 3.09. The lowest BCUT2D eigenvalue weighted by molar-refractivity contribution is -0.137. The number of aryl methyl sites for hydroxylation is 1. The summed E-state index contributed by atoms with van der Waals surface area (Å²) in [6, 6.07) is 0. The van der Waals surface area contributed by atoms with Gasteiger partial charge in [-0.15, -0.1) is 0 Å². The molecular formula is C22H38N2O2. The minimum Gasteiger partial charge on any atom is -0.463 e. The standard InChI is InChI=1S/C22H38N2O2/c1-3-5-7-8-9-10-11-12-13-14-17-24-19-21(23-20-24)15-16-22(25)26-18-6-4-2/h15-16,19-20H,3-14,17-18H2,1-2H3/b16-15+. The third kappa shape index (κ3) is 11.9. The van der Waals surface area contributed by atoms with Crippen LogP contribution in [-0.4, -0.2) is 22.1 Å². The molecule has 1 heterocycles. The number of hydrogen-bond acceptors (Lipinski definition) is 3. The number of nitrogens with zero attached hydrogens (tertiary/aromatic N) is 2. The maximum absolute atomic E-state index is 11.5. The highest BCUT2D eigenvalue weighted by molar-refractivity contribution is 5.86. The monoisotopic (exact) mass is 362 g/mol. The van der Waals surface area contributed by atoms with Gasteiger partial charge < -0.3 is 9.30 Å². The summed E-state index contributed by atoms with van der Waals surface area (Å²) < 4.78 is 7.19. The van der Waals surface area contributed by atoms with E-state index < -0.39 is 0 Å². The molecule has 0 saturated carbocycles. The molecule has 1 aromatic rings. The van der Waals surface area contributed by atoms with E-state index in [1.807, 2.05) is 12.5 Å². The second-order valence-corrected chi connectivity index (χ2v) is 7.07. The second kappa shape index (κ2) is 15.7. The number of esters is 1. The molecule has 0 amide bonds. The van der Waals surface area contributed by atoms with Gasteiger partial charge >= 0.3 is 5.97 Å². The molecule has 1 aromatic heterocycles. The quantitative estimate of drug-likeness (QED) is 0.201. The lowest BCUT2D eigenvalue weighted by atomic mass is 10.1. The molecule has 0 saturated heterocycles. The maximum atomic E-state index is 11.5. The fraction of sp³-hybridized carbons (Fsp3) is 0.727. The van der Waals surface area contributed by atoms with Crippen molar-refractivity contribution in [2.24, 2.45) is 0 Å². The van der Waals surface area contributed by atoms with Gasteiger partial charge in [-0.25, -0.2) is 9.78 Å². The summed E-state index contributed by atoms with van der Waals surface area (Å²) in [5.41, 5.74) is 0.810. The first-order valence-electron chi connectivity index (χ1n) is 10.6. The van der Waals surface area contributed by atoms with Crippen molar-refractivity contribution < 1.29 is 9.53 Å². The van der Waals surface area contributed by atoms with E-state index in [-0.39, 0.29) is 5.97 Å². The molecule has 0 aliphatic heterocycles. The van der Waals surface area contributed by atoms with Crippen molar-refractivity contribution in [1.82, 2.24) is 9.55 Å². The van der Waals surface area contributed by atoms with E-state index in [1.165, 1.54) is 70.3 Å². The first kappa shape index (κ1) is 22.5. The van der Waals surface area contributed by atoms with Gasteiger partial charge in [0.25, 0.3) is 0 Å². The van der Waals surface area contributed by atoms with Gasteiger partial charge in [0.1, 0.15) is 0 Å². The molecular weight excluding hydrogens is 324 g/mol. The third-order valence-electron chi connectivity index (χ3n) is 4.56. The number of ether oxygens (including phenoxy) is 1. The summed E-state index contributed by atoms with van der Waals surface area (Å²) in [5.74, 6) is -0.289. The molecule has 0 unspecified atom stereocenters. The van der Waals surface area contributed by atoms with E-state index in [9.17, 15) is 4.79 Å². The summed E-state index contributed by atoms with van der Waals surface area (Å²) in [5, 5.41) is 0. The normalized spacial score (nSPS) is 11.3. The Morgan fingerprint density at radius 2 is 1.58 bits per heavy atom. The summed E-state index contributed by atoms with van der Waals surface area (Å²) in [6.07, 6.45) is 22.4. The fourth-order valence-electron chi connectivity index (χ4n) is 2.89. The highest BCUT2D eigenvalue weighted by atomic mass is 16.5. The van der Waals surface area contributed by atoms with Gasteiger partial charge in [-0.1, -0.05) is 78.1 Å². The highest BCUT2D eigenvalue weighted by Gasteiger charge is 1.99. The maximum Gasteiger partial charge on any atom is 0.330 e. The molecule has 1 rings (SSSR count). The smallest absolute Gasteiger partial charge is 0.330 e. The van der Waals surface area contributed by atoms with E-state index in [2.05, 4.69) is 23.4 Å². The highest BCUT2D eigenvalue weighted by Crippen LogP contribution is 2.11. The van der Waals surface area contributed by atoms with Crippen LogP contribution in [0.4, 0.5) is 0 Å². The zero-order valence-electron chi connectivity index (χ0n) is 16.9. The van der Waals surface area contributed by atoms with Gasteiger partial charge in [0.2, 0.25) is 0 Å². The van der Waals surface area contributed by atoms with Gasteiger partial charge in [-0.3, -0.25) is 0 Å². The molecule has 4 heteroatoms. The molecule has 0 fully saturated rings. The molecule has 4 nitrogen and oxygen atoms in total. The summed E-state index contributed by atoms with van der Waals surface area (Å²) in [6.45, 7) is 5.83. The molecule has 0 atom stereocenters. The molecule has 26 heavy (non-hydrogen) atoms. The van der Waals surface area contributed by atoms with Gasteiger partial charge in [-0.2, -0.15) is 0 Å². The molecule has 148 valence electrons. The number of carbonyl (C=O) groups is 1. The van der Waals surface area contributed by atoms with Crippen LogP contribution in [0.15, 0.2) is 18.6 Å². The van der Waals surface area contributed by atoms with E-state index in [0.717, 1.165) is 25.1 Å². The zero-order valence-corrected chi connectivity index (χ0v) is 16.9. The number of rotatable bonds is 16. The Hall–Kier alpha value is -1.58. The van der Waals surface area contributed by atoms with Crippen LogP contribution in [0.3, 0.4) is 0 Å². The van der Waals surface area contributed by atoms with Crippen LogP contribution in [-0.2, 0) is 16.1 Å². The summed E-state index contributed by atoms with van der Waals surface area (Å²) in [4.78, 5) is 15.8. The Morgan fingerprint density at radius 1 is 0.962 bits per heavy atom. The Labute approximate surface area is 160 Å². The number of aromatic nitrogens is 2. The fourth-order valence-corrected chi connectivity index (χ4v) is 2.89. The van der Waals surface area contributed by atoms with Gasteiger partial charge in [0.15, 0.2) is 0 Å². The largest absolute Gasteiger partial charge is 0.463 e. The minimum atomic E-state index is -0.289. The second-order valence-electron chi connectivity index (χ2n) is 7.07. The lowest BCUT2D eigenvalue weighted by Crippen LogP contribution is -2.01. The van der Waals surface area contributed by atoms with Crippen LogP contribution in [0.25, 0.3) is 6.08 Å². The summed E-state index contributed by atoms with van der Waals surface area (Å²) >= 11 is 0. The van der Waals surface area contributed by atoms with Crippen LogP contribution >= 0.6 is 0 Å². The van der Waals surface area contributed by atoms with Crippen LogP contribution < -0.4 is 0 Å². The van der Waals surface area contributed by atoms with Crippen molar-refractivity contribution in [3.8, 4) is 0 Å². The van der Waals surface area contributed by atoms with Crippen LogP contribution in [0, 0.1) is 0 Å². The molecule has 0 spiro atoms. The van der Waals surface area contributed by atoms with Crippen LogP contribution in [0.5, 0.6) is 0 Å². The molecule has 0 radical (unpaired) electrons. The van der Waals surface area contributed by atoms with Crippen LogP contribution in [0.1, 0.15) is 96.6 Å². The first-order chi connectivity index (χ1) is 12.8. The molecule has 0 aromatic carbocycles. The predicted molar refractivity (Wildman–Crippen MR) is 109 cm³/mol. The van der Waals surface area contributed by atoms with Crippen molar-refractivity contribution in [2.75, 3.05) is 6.61 Å². The van der Waals surface area contributed by atoms with E-state index in [0.29, 0.717) is 6.61 Å². The van der Waals surface area contributed by atoms with E-state index >= 15 is 0 Å². The third-order valence-corrected chi connectivity index (χ3v) is 4.56. The predicted octanol–water partition coefficient (Wildman–Crippen LogP) is 6.16. The van der Waals surface area contributed by atoms with E-state index in [1.54, 1.807) is 6.08 Å². The minimum absolute atomic E-state index is 0.289. The van der Waals surface area contributed by atoms with Crippen molar-refractivity contribution in [3.05, 3.63) is 24.3 Å². The number of hydrogen-bond donors (Lipinski definition) is 0. The molecule has 0 N–H and O–H groups in total. The van der Waals surface area contributed by atoms with Crippen molar-refractivity contribution in [2.45, 2.75) is 97.4 Å². The van der Waals surface area contributed by atoms with Gasteiger partial charge in [-0.05, 0) is 18.9 Å². The van der Waals surface area contributed by atoms with Crippen molar-refractivity contribution >= 4 is 12.0 Å². The first-order valence-corrected chi connectivity index (χ1v) is 10.6. The topological polar surface area (TPSA) is 44.1 Å². The van der Waals surface area contributed by atoms with Crippen molar-refractivity contribution in [1.29, 1.82) is 0 Å². The van der Waals surface area contributed by atoms with Gasteiger partial charge in [0.05, 0.1) is 18.6 Å². The SMILES string of the molecule is CCCCCCCCCCCCn1cnc(/C=C/C(=O)OCCCC)c1. The Balaban J connectivity index is 2.06. The molecule has 0 bridgehead atoms. The summed E-state index contributed by atoms with van der Waals surface area (Å²) in [7, 11) is 0. The van der Waals surface area contributed by atoms with Crippen LogP contribution in [0.2, 0.25) is 0 Å². The zero-order chi connectivity index (χ0) is 18.9. The Morgan fingerprint density at radius 3 is 2.23 bits per heavy atom. The number of unbranched alkanes of at least 4 members (excludes halogenated alkanes) is 10. The average molecular weight is 363 g/mol. The molecule has 0 aliphatic rings. The van der Waals surface area contributed by atoms with Gasteiger partial charge in [0, 0.05) is 18.8 Å². The molecule has 0 aliphatic carbocycles. The Kier molecular flexibility index (Phi) is 13.5. The Bertz CT molecular complexity index is 494.